The number of benzene rings is 1. The minimum absolute atomic E-state index is 0. The summed E-state index contributed by atoms with van der Waals surface area (Å²) in [5.74, 6) is 1.74. The van der Waals surface area contributed by atoms with Crippen LogP contribution in [0.5, 0.6) is 0 Å². The zero-order chi connectivity index (χ0) is 18.6. The van der Waals surface area contributed by atoms with Gasteiger partial charge in [-0.15, -0.1) is 24.0 Å². The molecule has 7 heteroatoms. The molecule has 0 saturated carbocycles. The average Bonchev–Trinajstić information content (AvgIpc) is 3.08. The Bertz CT molecular complexity index is 787. The summed E-state index contributed by atoms with van der Waals surface area (Å²) < 4.78 is 5.84. The van der Waals surface area contributed by atoms with Gasteiger partial charge in [0.25, 0.3) is 0 Å². The highest BCUT2D eigenvalue weighted by Gasteiger charge is 2.29. The maximum absolute atomic E-state index is 5.84. The minimum atomic E-state index is -0.0981. The molecule has 6 nitrogen and oxygen atoms in total. The van der Waals surface area contributed by atoms with Crippen molar-refractivity contribution >= 4 is 46.7 Å². The molecule has 3 rings (SSSR count). The van der Waals surface area contributed by atoms with Gasteiger partial charge in [-0.2, -0.15) is 0 Å². The molecule has 0 bridgehead atoms. The van der Waals surface area contributed by atoms with Crippen molar-refractivity contribution in [3.8, 4) is 0 Å². The van der Waals surface area contributed by atoms with E-state index < -0.39 is 0 Å². The van der Waals surface area contributed by atoms with E-state index in [4.69, 9.17) is 9.72 Å². The quantitative estimate of drug-likeness (QED) is 0.389. The first-order valence-corrected chi connectivity index (χ1v) is 9.15. The summed E-state index contributed by atoms with van der Waals surface area (Å²) in [6.45, 7) is 4.44. The number of para-hydroxylation sites is 1. The summed E-state index contributed by atoms with van der Waals surface area (Å²) in [5.41, 5.74) is 2.11. The molecule has 0 aliphatic carbocycles. The molecule has 0 radical (unpaired) electrons. The highest BCUT2D eigenvalue weighted by molar-refractivity contribution is 14.0. The van der Waals surface area contributed by atoms with E-state index >= 15 is 0 Å². The molecule has 1 aromatic carbocycles. The normalized spacial score (nSPS) is 19.6. The Morgan fingerprint density at radius 2 is 2.07 bits per heavy atom. The van der Waals surface area contributed by atoms with Crippen LogP contribution in [0, 0.1) is 0 Å². The Hall–Kier alpha value is -1.61. The van der Waals surface area contributed by atoms with Crippen LogP contribution < -0.4 is 15.5 Å². The molecule has 1 unspecified atom stereocenters. The monoisotopic (exact) mass is 483 g/mol. The molecule has 27 heavy (non-hydrogen) atoms. The molecule has 2 N–H and O–H groups in total. The van der Waals surface area contributed by atoms with Gasteiger partial charge in [-0.3, -0.25) is 4.99 Å². The third kappa shape index (κ3) is 5.44. The first-order chi connectivity index (χ1) is 12.5. The van der Waals surface area contributed by atoms with Gasteiger partial charge < -0.3 is 20.3 Å². The van der Waals surface area contributed by atoms with E-state index in [1.165, 1.54) is 5.56 Å². The fraction of sp³-hybridized carbons (Fsp3) is 0.500. The van der Waals surface area contributed by atoms with Crippen molar-refractivity contribution in [3.05, 3.63) is 35.9 Å². The van der Waals surface area contributed by atoms with Crippen LogP contribution in [0.15, 0.2) is 35.3 Å². The summed E-state index contributed by atoms with van der Waals surface area (Å²) in [5, 5.41) is 7.98. The number of rotatable bonds is 5. The predicted octanol–water partition coefficient (Wildman–Crippen LogP) is 3.15. The van der Waals surface area contributed by atoms with Crippen molar-refractivity contribution in [3.63, 3.8) is 0 Å². The summed E-state index contributed by atoms with van der Waals surface area (Å²) >= 11 is 0. The molecule has 1 atom stereocenters. The summed E-state index contributed by atoms with van der Waals surface area (Å²) in [7, 11) is 5.82. The number of hydrogen-bond acceptors (Lipinski definition) is 4. The number of fused-ring (bicyclic) bond motifs is 1. The fourth-order valence-electron chi connectivity index (χ4n) is 3.25. The third-order valence-corrected chi connectivity index (χ3v) is 4.85. The number of hydrogen-bond donors (Lipinski definition) is 2. The first-order valence-electron chi connectivity index (χ1n) is 9.15. The standard InChI is InChI=1S/C20H29N5O.HI/c1-20(10-7-11-26-20)14-23-19(21-2)22-13-15-12-18(25(3)4)24-17-9-6-5-8-16(15)17;/h5-6,8-9,12H,7,10-11,13-14H2,1-4H3,(H2,21,22,23);1H. The van der Waals surface area contributed by atoms with E-state index in [2.05, 4.69) is 40.7 Å². The van der Waals surface area contributed by atoms with Crippen LogP contribution in [0.4, 0.5) is 5.82 Å². The Kier molecular flexibility index (Phi) is 7.67. The Balaban J connectivity index is 0.00000261. The lowest BCUT2D eigenvalue weighted by molar-refractivity contribution is 0.0243. The number of pyridine rings is 1. The number of nitrogens with zero attached hydrogens (tertiary/aromatic N) is 3. The van der Waals surface area contributed by atoms with Gasteiger partial charge in [0.05, 0.1) is 11.1 Å². The van der Waals surface area contributed by atoms with Gasteiger partial charge in [0.2, 0.25) is 0 Å². The van der Waals surface area contributed by atoms with Crippen molar-refractivity contribution in [1.29, 1.82) is 0 Å². The van der Waals surface area contributed by atoms with Gasteiger partial charge in [0.15, 0.2) is 5.96 Å². The van der Waals surface area contributed by atoms with Crippen LogP contribution in [0.3, 0.4) is 0 Å². The second-order valence-electron chi connectivity index (χ2n) is 7.23. The van der Waals surface area contributed by atoms with E-state index in [0.29, 0.717) is 6.54 Å². The van der Waals surface area contributed by atoms with E-state index in [0.717, 1.165) is 48.7 Å². The van der Waals surface area contributed by atoms with E-state index in [-0.39, 0.29) is 29.6 Å². The topological polar surface area (TPSA) is 61.8 Å². The van der Waals surface area contributed by atoms with Gasteiger partial charge >= 0.3 is 0 Å². The Morgan fingerprint density at radius 1 is 1.30 bits per heavy atom. The number of anilines is 1. The smallest absolute Gasteiger partial charge is 0.191 e. The number of nitrogens with one attached hydrogen (secondary N) is 2. The van der Waals surface area contributed by atoms with Crippen LogP contribution in [0.25, 0.3) is 10.9 Å². The highest BCUT2D eigenvalue weighted by Crippen LogP contribution is 2.24. The lowest BCUT2D eigenvalue weighted by Gasteiger charge is -2.25. The van der Waals surface area contributed by atoms with Gasteiger partial charge in [-0.1, -0.05) is 18.2 Å². The predicted molar refractivity (Wildman–Crippen MR) is 123 cm³/mol. The number of aliphatic imine (C=N–C) groups is 1. The zero-order valence-corrected chi connectivity index (χ0v) is 18.9. The lowest BCUT2D eigenvalue weighted by Crippen LogP contribution is -2.45. The molecule has 1 aliphatic rings. The number of guanidine groups is 1. The number of halogens is 1. The van der Waals surface area contributed by atoms with Crippen LogP contribution >= 0.6 is 24.0 Å². The van der Waals surface area contributed by atoms with Crippen LogP contribution in [0.1, 0.15) is 25.3 Å². The van der Waals surface area contributed by atoms with Gasteiger partial charge in [0, 0.05) is 46.2 Å². The van der Waals surface area contributed by atoms with Gasteiger partial charge in [-0.25, -0.2) is 4.98 Å². The maximum atomic E-state index is 5.84. The van der Waals surface area contributed by atoms with E-state index in [9.17, 15) is 0 Å². The Morgan fingerprint density at radius 3 is 2.74 bits per heavy atom. The van der Waals surface area contributed by atoms with Crippen molar-refractivity contribution in [1.82, 2.24) is 15.6 Å². The van der Waals surface area contributed by atoms with Crippen molar-refractivity contribution in [2.24, 2.45) is 4.99 Å². The molecular formula is C20H30IN5O. The molecule has 0 amide bonds. The second kappa shape index (κ2) is 9.54. The largest absolute Gasteiger partial charge is 0.373 e. The third-order valence-electron chi connectivity index (χ3n) is 4.85. The van der Waals surface area contributed by atoms with Crippen molar-refractivity contribution in [2.45, 2.75) is 31.9 Å². The summed E-state index contributed by atoms with van der Waals surface area (Å²) in [4.78, 5) is 11.1. The van der Waals surface area contributed by atoms with E-state index in [1.807, 2.05) is 31.1 Å². The maximum Gasteiger partial charge on any atom is 0.191 e. The molecule has 2 aromatic rings. The van der Waals surface area contributed by atoms with E-state index in [1.54, 1.807) is 7.05 Å². The molecule has 0 spiro atoms. The molecule has 1 fully saturated rings. The zero-order valence-electron chi connectivity index (χ0n) is 16.6. The van der Waals surface area contributed by atoms with Gasteiger partial charge in [-0.05, 0) is 37.5 Å². The summed E-state index contributed by atoms with van der Waals surface area (Å²) in [6.07, 6.45) is 2.21. The van der Waals surface area contributed by atoms with Gasteiger partial charge in [0.1, 0.15) is 5.82 Å². The Labute approximate surface area is 178 Å². The average molecular weight is 483 g/mol. The molecular weight excluding hydrogens is 453 g/mol. The molecule has 1 aliphatic heterocycles. The van der Waals surface area contributed by atoms with Crippen molar-refractivity contribution in [2.75, 3.05) is 39.2 Å². The lowest BCUT2D eigenvalue weighted by atomic mass is 10.0. The fourth-order valence-corrected chi connectivity index (χ4v) is 3.25. The summed E-state index contributed by atoms with van der Waals surface area (Å²) in [6, 6.07) is 10.4. The number of ether oxygens (including phenoxy) is 1. The van der Waals surface area contributed by atoms with Crippen LogP contribution in [0.2, 0.25) is 0 Å². The second-order valence-corrected chi connectivity index (χ2v) is 7.23. The molecule has 1 aromatic heterocycles. The number of aromatic nitrogens is 1. The van der Waals surface area contributed by atoms with Crippen molar-refractivity contribution < 1.29 is 4.74 Å². The van der Waals surface area contributed by atoms with Crippen LogP contribution in [-0.2, 0) is 11.3 Å². The first kappa shape index (κ1) is 21.7. The highest BCUT2D eigenvalue weighted by atomic mass is 127. The minimum Gasteiger partial charge on any atom is -0.373 e. The SMILES string of the molecule is CN=C(NCc1cc(N(C)C)nc2ccccc12)NCC1(C)CCCO1.I. The molecule has 2 heterocycles. The molecule has 1 saturated heterocycles. The van der Waals surface area contributed by atoms with Crippen LogP contribution in [-0.4, -0.2) is 50.8 Å². The molecule has 148 valence electrons.